The lowest BCUT2D eigenvalue weighted by Gasteiger charge is -2.35. The Labute approximate surface area is 122 Å². The van der Waals surface area contributed by atoms with Crippen LogP contribution in [0, 0.1) is 0 Å². The molecule has 114 valence electrons. The summed E-state index contributed by atoms with van der Waals surface area (Å²) in [7, 11) is 0.0522. The Bertz CT molecular complexity index is 378. The third-order valence-corrected chi connectivity index (χ3v) is 6.32. The summed E-state index contributed by atoms with van der Waals surface area (Å²) in [5.74, 6) is 0.0687. The molecule has 2 rings (SSSR count). The van der Waals surface area contributed by atoms with E-state index in [1.165, 1.54) is 12.8 Å². The molecule has 0 aromatic carbocycles. The zero-order valence-corrected chi connectivity index (χ0v) is 13.5. The average molecular weight is 313 g/mol. The molecule has 19 heavy (non-hydrogen) atoms. The van der Waals surface area contributed by atoms with Gasteiger partial charge in [-0.2, -0.15) is 0 Å². The second kappa shape index (κ2) is 6.72. The predicted molar refractivity (Wildman–Crippen MR) is 78.2 cm³/mol. The van der Waals surface area contributed by atoms with E-state index in [1.807, 2.05) is 0 Å². The van der Waals surface area contributed by atoms with Crippen LogP contribution in [0.3, 0.4) is 0 Å². The van der Waals surface area contributed by atoms with Gasteiger partial charge in [-0.05, 0) is 32.6 Å². The fraction of sp³-hybridized carbons (Fsp3) is 1.00. The highest BCUT2D eigenvalue weighted by Crippen LogP contribution is 2.30. The van der Waals surface area contributed by atoms with Crippen LogP contribution < -0.4 is 5.32 Å². The Balaban J connectivity index is 0.00000180. The zero-order chi connectivity index (χ0) is 13.3. The van der Waals surface area contributed by atoms with Crippen LogP contribution in [0.25, 0.3) is 0 Å². The molecule has 0 saturated carbocycles. The summed E-state index contributed by atoms with van der Waals surface area (Å²) in [6.07, 6.45) is 3.99. The first-order chi connectivity index (χ1) is 8.42. The molecule has 3 atom stereocenters. The monoisotopic (exact) mass is 312 g/mol. The lowest BCUT2D eigenvalue weighted by Crippen LogP contribution is -2.49. The van der Waals surface area contributed by atoms with Gasteiger partial charge in [0.05, 0.1) is 11.9 Å². The van der Waals surface area contributed by atoms with E-state index in [0.29, 0.717) is 12.1 Å². The van der Waals surface area contributed by atoms with Crippen molar-refractivity contribution in [1.29, 1.82) is 0 Å². The van der Waals surface area contributed by atoms with Gasteiger partial charge in [-0.3, -0.25) is 0 Å². The third-order valence-electron chi connectivity index (χ3n) is 4.25. The summed E-state index contributed by atoms with van der Waals surface area (Å²) in [4.78, 5) is 0. The minimum atomic E-state index is -3.21. The van der Waals surface area contributed by atoms with Crippen LogP contribution in [0.5, 0.6) is 0 Å². The molecule has 0 aliphatic carbocycles. The number of rotatable bonds is 5. The Kier molecular flexibility index (Phi) is 6.07. The Morgan fingerprint density at radius 2 is 1.84 bits per heavy atom. The topological polar surface area (TPSA) is 58.6 Å². The number of ether oxygens (including phenoxy) is 1. The number of nitrogens with one attached hydrogen (secondary N) is 1. The normalized spacial score (nSPS) is 32.1. The van der Waals surface area contributed by atoms with Crippen molar-refractivity contribution in [2.45, 2.75) is 56.8 Å². The largest absolute Gasteiger partial charge is 0.381 e. The molecule has 0 amide bonds. The lowest BCUT2D eigenvalue weighted by atomic mass is 10.0. The van der Waals surface area contributed by atoms with Gasteiger partial charge in [-0.1, -0.05) is 0 Å². The first-order valence-electron chi connectivity index (χ1n) is 6.67. The molecule has 7 heteroatoms. The molecule has 2 bridgehead atoms. The Morgan fingerprint density at radius 1 is 1.32 bits per heavy atom. The quantitative estimate of drug-likeness (QED) is 0.822. The second-order valence-electron chi connectivity index (χ2n) is 5.60. The minimum absolute atomic E-state index is 0. The van der Waals surface area contributed by atoms with Crippen molar-refractivity contribution in [2.75, 3.05) is 19.9 Å². The average Bonchev–Trinajstić information content (AvgIpc) is 2.66. The summed E-state index contributed by atoms with van der Waals surface area (Å²) in [6.45, 7) is 1.79. The molecule has 0 aromatic rings. The molecule has 0 spiro atoms. The zero-order valence-electron chi connectivity index (χ0n) is 11.8. The fourth-order valence-corrected chi connectivity index (χ4v) is 4.62. The Morgan fingerprint density at radius 3 is 2.32 bits per heavy atom. The minimum Gasteiger partial charge on any atom is -0.381 e. The highest BCUT2D eigenvalue weighted by molar-refractivity contribution is 7.89. The van der Waals surface area contributed by atoms with Gasteiger partial charge in [-0.15, -0.1) is 12.4 Å². The number of nitrogens with zero attached hydrogens (tertiary/aromatic N) is 1. The SMILES string of the molecule is COC(C)CS(=O)(=O)N(C)C1CC2CCC(C1)N2.Cl. The molecular formula is C12H25ClN2O3S. The van der Waals surface area contributed by atoms with Crippen LogP contribution in [0.2, 0.25) is 0 Å². The maximum absolute atomic E-state index is 12.3. The van der Waals surface area contributed by atoms with Crippen molar-refractivity contribution >= 4 is 22.4 Å². The lowest BCUT2D eigenvalue weighted by molar-refractivity contribution is 0.134. The van der Waals surface area contributed by atoms with E-state index in [1.54, 1.807) is 25.4 Å². The van der Waals surface area contributed by atoms with Gasteiger partial charge in [0.15, 0.2) is 0 Å². The van der Waals surface area contributed by atoms with Crippen molar-refractivity contribution < 1.29 is 13.2 Å². The van der Waals surface area contributed by atoms with Gasteiger partial charge < -0.3 is 10.1 Å². The van der Waals surface area contributed by atoms with E-state index in [2.05, 4.69) is 5.32 Å². The van der Waals surface area contributed by atoms with Crippen LogP contribution in [0.15, 0.2) is 0 Å². The van der Waals surface area contributed by atoms with Gasteiger partial charge in [-0.25, -0.2) is 12.7 Å². The predicted octanol–water partition coefficient (Wildman–Crippen LogP) is 0.988. The van der Waals surface area contributed by atoms with E-state index < -0.39 is 10.0 Å². The second-order valence-corrected chi connectivity index (χ2v) is 7.68. The van der Waals surface area contributed by atoms with E-state index >= 15 is 0 Å². The van der Waals surface area contributed by atoms with Gasteiger partial charge >= 0.3 is 0 Å². The molecule has 1 N–H and O–H groups in total. The summed E-state index contributed by atoms with van der Waals surface area (Å²) < 4.78 is 31.2. The molecule has 2 fully saturated rings. The van der Waals surface area contributed by atoms with Gasteiger partial charge in [0.1, 0.15) is 0 Å². The summed E-state index contributed by atoms with van der Waals surface area (Å²) in [6, 6.07) is 1.16. The van der Waals surface area contributed by atoms with E-state index in [0.717, 1.165) is 12.8 Å². The standard InChI is InChI=1S/C12H24N2O3S.ClH/c1-9(17-3)8-18(15,16)14(2)12-6-10-4-5-11(7-12)13-10;/h9-13H,4-8H2,1-3H3;1H. The summed E-state index contributed by atoms with van der Waals surface area (Å²) in [5, 5.41) is 3.53. The van der Waals surface area contributed by atoms with Gasteiger partial charge in [0, 0.05) is 32.3 Å². The molecule has 2 heterocycles. The van der Waals surface area contributed by atoms with Crippen LogP contribution >= 0.6 is 12.4 Å². The molecule has 0 radical (unpaired) electrons. The number of methoxy groups -OCH3 is 1. The summed E-state index contributed by atoms with van der Waals surface area (Å²) >= 11 is 0. The van der Waals surface area contributed by atoms with E-state index in [9.17, 15) is 8.42 Å². The third kappa shape index (κ3) is 4.04. The number of piperidine rings is 1. The van der Waals surface area contributed by atoms with Crippen LogP contribution in [0.4, 0.5) is 0 Å². The highest BCUT2D eigenvalue weighted by Gasteiger charge is 2.38. The maximum Gasteiger partial charge on any atom is 0.216 e. The van der Waals surface area contributed by atoms with Crippen LogP contribution in [-0.4, -0.2) is 56.9 Å². The number of halogens is 1. The maximum atomic E-state index is 12.3. The first-order valence-corrected chi connectivity index (χ1v) is 8.28. The molecule has 5 nitrogen and oxygen atoms in total. The number of fused-ring (bicyclic) bond motifs is 2. The van der Waals surface area contributed by atoms with Crippen molar-refractivity contribution in [3.05, 3.63) is 0 Å². The fourth-order valence-electron chi connectivity index (χ4n) is 3.03. The number of hydrogen-bond acceptors (Lipinski definition) is 4. The molecule has 2 saturated heterocycles. The molecule has 2 aliphatic heterocycles. The molecule has 3 unspecified atom stereocenters. The smallest absolute Gasteiger partial charge is 0.216 e. The van der Waals surface area contributed by atoms with Crippen molar-refractivity contribution in [1.82, 2.24) is 9.62 Å². The van der Waals surface area contributed by atoms with Gasteiger partial charge in [0.25, 0.3) is 0 Å². The first kappa shape index (κ1) is 17.2. The van der Waals surface area contributed by atoms with Crippen molar-refractivity contribution in [2.24, 2.45) is 0 Å². The molecule has 2 aliphatic rings. The van der Waals surface area contributed by atoms with Crippen LogP contribution in [-0.2, 0) is 14.8 Å². The molecule has 0 aromatic heterocycles. The van der Waals surface area contributed by atoms with Crippen LogP contribution in [0.1, 0.15) is 32.6 Å². The number of sulfonamides is 1. The van der Waals surface area contributed by atoms with E-state index in [4.69, 9.17) is 4.74 Å². The molecular weight excluding hydrogens is 288 g/mol. The summed E-state index contributed by atoms with van der Waals surface area (Å²) in [5.41, 5.74) is 0. The van der Waals surface area contributed by atoms with E-state index in [-0.39, 0.29) is 30.3 Å². The number of hydrogen-bond donors (Lipinski definition) is 1. The Hall–Kier alpha value is 0.120. The van der Waals surface area contributed by atoms with Gasteiger partial charge in [0.2, 0.25) is 10.0 Å². The highest BCUT2D eigenvalue weighted by atomic mass is 35.5. The van der Waals surface area contributed by atoms with Crippen molar-refractivity contribution in [3.63, 3.8) is 0 Å². The van der Waals surface area contributed by atoms with Crippen molar-refractivity contribution in [3.8, 4) is 0 Å².